The van der Waals surface area contributed by atoms with E-state index in [-0.39, 0.29) is 11.9 Å². The molecule has 2 aromatic carbocycles. The van der Waals surface area contributed by atoms with Crippen molar-refractivity contribution < 1.29 is 14.7 Å². The minimum atomic E-state index is -0.858. The second kappa shape index (κ2) is 8.53. The van der Waals surface area contributed by atoms with Gasteiger partial charge in [-0.05, 0) is 37.0 Å². The Balaban J connectivity index is 1.72. The highest BCUT2D eigenvalue weighted by atomic mass is 16.4. The van der Waals surface area contributed by atoms with Crippen LogP contribution in [0.4, 0.5) is 5.82 Å². The molecule has 0 bridgehead atoms. The van der Waals surface area contributed by atoms with Gasteiger partial charge in [0.1, 0.15) is 11.9 Å². The zero-order valence-corrected chi connectivity index (χ0v) is 16.9. The first-order chi connectivity index (χ1) is 14.6. The van der Waals surface area contributed by atoms with E-state index in [9.17, 15) is 14.7 Å². The maximum absolute atomic E-state index is 13.3. The van der Waals surface area contributed by atoms with Gasteiger partial charge in [0, 0.05) is 11.9 Å². The molecule has 0 saturated carbocycles. The Morgan fingerprint density at radius 1 is 1.17 bits per heavy atom. The van der Waals surface area contributed by atoms with E-state index < -0.39 is 12.0 Å². The second-order valence-electron chi connectivity index (χ2n) is 7.58. The lowest BCUT2D eigenvalue weighted by Crippen LogP contribution is -2.36. The fraction of sp³-hybridized carbons (Fsp3) is 0.292. The Morgan fingerprint density at radius 3 is 2.63 bits per heavy atom. The van der Waals surface area contributed by atoms with Crippen LogP contribution < -0.4 is 10.2 Å². The number of nitrogens with one attached hydrogen (secondary N) is 1. The molecule has 6 heteroatoms. The third-order valence-electron chi connectivity index (χ3n) is 5.69. The maximum Gasteiger partial charge on any atom is 0.326 e. The number of carboxylic acids is 1. The van der Waals surface area contributed by atoms with E-state index in [1.165, 1.54) is 0 Å². The number of aromatic nitrogens is 1. The molecule has 1 aliphatic rings. The summed E-state index contributed by atoms with van der Waals surface area (Å²) in [5.41, 5.74) is 2.25. The number of carboxylic acid groups (broad SMARTS) is 1. The van der Waals surface area contributed by atoms with Crippen molar-refractivity contribution in [1.29, 1.82) is 0 Å². The molecule has 1 unspecified atom stereocenters. The van der Waals surface area contributed by atoms with Crippen LogP contribution in [0.1, 0.15) is 48.1 Å². The molecule has 6 nitrogen and oxygen atoms in total. The third-order valence-corrected chi connectivity index (χ3v) is 5.69. The van der Waals surface area contributed by atoms with Crippen LogP contribution in [0.3, 0.4) is 0 Å². The summed E-state index contributed by atoms with van der Waals surface area (Å²) in [6.45, 7) is 2.65. The van der Waals surface area contributed by atoms with Crippen molar-refractivity contribution in [2.75, 3.05) is 11.4 Å². The molecule has 0 spiro atoms. The van der Waals surface area contributed by atoms with Gasteiger partial charge in [0.05, 0.1) is 17.1 Å². The van der Waals surface area contributed by atoms with Crippen molar-refractivity contribution in [3.8, 4) is 0 Å². The fourth-order valence-electron chi connectivity index (χ4n) is 4.14. The number of hydrogen-bond acceptors (Lipinski definition) is 4. The number of aliphatic carboxylic acids is 1. The van der Waals surface area contributed by atoms with Crippen molar-refractivity contribution >= 4 is 28.6 Å². The molecule has 3 aromatic rings. The van der Waals surface area contributed by atoms with Gasteiger partial charge >= 0.3 is 5.97 Å². The summed E-state index contributed by atoms with van der Waals surface area (Å²) in [6, 6.07) is 18.4. The Kier molecular flexibility index (Phi) is 5.65. The number of carbonyl (C=O) groups excluding carboxylic acids is 1. The highest BCUT2D eigenvalue weighted by Gasteiger charge is 2.32. The Bertz CT molecular complexity index is 1070. The molecule has 2 atom stereocenters. The van der Waals surface area contributed by atoms with Gasteiger partial charge in [-0.2, -0.15) is 0 Å². The average molecular weight is 403 g/mol. The van der Waals surface area contributed by atoms with E-state index in [4.69, 9.17) is 0 Å². The summed E-state index contributed by atoms with van der Waals surface area (Å²) < 4.78 is 0. The summed E-state index contributed by atoms with van der Waals surface area (Å²) in [4.78, 5) is 31.4. The largest absolute Gasteiger partial charge is 0.480 e. The molecule has 2 heterocycles. The van der Waals surface area contributed by atoms with Gasteiger partial charge in [-0.1, -0.05) is 55.5 Å². The lowest BCUT2D eigenvalue weighted by Gasteiger charge is -2.24. The van der Waals surface area contributed by atoms with Gasteiger partial charge in [0.25, 0.3) is 5.91 Å². The maximum atomic E-state index is 13.3. The molecule has 154 valence electrons. The fourth-order valence-corrected chi connectivity index (χ4v) is 4.14. The van der Waals surface area contributed by atoms with Crippen LogP contribution in [-0.2, 0) is 4.79 Å². The van der Waals surface area contributed by atoms with Crippen molar-refractivity contribution in [3.63, 3.8) is 0 Å². The number of benzene rings is 2. The van der Waals surface area contributed by atoms with Crippen molar-refractivity contribution in [2.24, 2.45) is 0 Å². The zero-order chi connectivity index (χ0) is 21.1. The van der Waals surface area contributed by atoms with Gasteiger partial charge in [-0.15, -0.1) is 0 Å². The summed E-state index contributed by atoms with van der Waals surface area (Å²) >= 11 is 0. The van der Waals surface area contributed by atoms with Gasteiger partial charge < -0.3 is 15.3 Å². The van der Waals surface area contributed by atoms with E-state index in [1.54, 1.807) is 11.0 Å². The molecule has 1 saturated heterocycles. The van der Waals surface area contributed by atoms with Crippen LogP contribution >= 0.6 is 0 Å². The van der Waals surface area contributed by atoms with Gasteiger partial charge in [-0.3, -0.25) is 4.79 Å². The number of fused-ring (bicyclic) bond motifs is 1. The first kappa shape index (κ1) is 19.9. The van der Waals surface area contributed by atoms with Crippen LogP contribution in [0.15, 0.2) is 60.7 Å². The molecular formula is C24H25N3O3. The summed E-state index contributed by atoms with van der Waals surface area (Å²) in [5.74, 6) is -0.503. The number of amides is 1. The molecule has 1 amide bonds. The number of anilines is 1. The number of hydrogen-bond donors (Lipinski definition) is 2. The summed E-state index contributed by atoms with van der Waals surface area (Å²) in [7, 11) is 0. The molecule has 1 aromatic heterocycles. The zero-order valence-electron chi connectivity index (χ0n) is 16.9. The van der Waals surface area contributed by atoms with Crippen molar-refractivity contribution in [1.82, 2.24) is 10.3 Å². The van der Waals surface area contributed by atoms with E-state index >= 15 is 0 Å². The average Bonchev–Trinajstić information content (AvgIpc) is 3.27. The lowest BCUT2D eigenvalue weighted by molar-refractivity contribution is -0.138. The highest BCUT2D eigenvalue weighted by Crippen LogP contribution is 2.29. The first-order valence-corrected chi connectivity index (χ1v) is 10.3. The van der Waals surface area contributed by atoms with E-state index in [0.717, 1.165) is 23.8 Å². The summed E-state index contributed by atoms with van der Waals surface area (Å²) in [6.07, 6.45) is 2.13. The first-order valence-electron chi connectivity index (χ1n) is 10.3. The van der Waals surface area contributed by atoms with Crippen molar-refractivity contribution in [3.05, 3.63) is 71.8 Å². The predicted molar refractivity (Wildman–Crippen MR) is 117 cm³/mol. The van der Waals surface area contributed by atoms with Gasteiger partial charge in [-0.25, -0.2) is 9.78 Å². The molecule has 1 fully saturated rings. The van der Waals surface area contributed by atoms with Gasteiger partial charge in [0.15, 0.2) is 0 Å². The van der Waals surface area contributed by atoms with Crippen LogP contribution in [-0.4, -0.2) is 34.6 Å². The van der Waals surface area contributed by atoms with Crippen LogP contribution in [0.5, 0.6) is 0 Å². The van der Waals surface area contributed by atoms with Crippen LogP contribution in [0, 0.1) is 0 Å². The SMILES string of the molecule is CCC(NC(=O)c1cc(N2CCC[C@H]2C(=O)O)nc2ccccc12)c1ccccc1. The van der Waals surface area contributed by atoms with E-state index in [1.807, 2.05) is 61.5 Å². The lowest BCUT2D eigenvalue weighted by atomic mass is 10.0. The third kappa shape index (κ3) is 3.85. The molecule has 0 aliphatic carbocycles. The number of carbonyl (C=O) groups is 2. The predicted octanol–water partition coefficient (Wildman–Crippen LogP) is 4.17. The quantitative estimate of drug-likeness (QED) is 0.646. The minimum Gasteiger partial charge on any atom is -0.480 e. The molecule has 0 radical (unpaired) electrons. The van der Waals surface area contributed by atoms with E-state index in [2.05, 4.69) is 10.3 Å². The Morgan fingerprint density at radius 2 is 1.90 bits per heavy atom. The second-order valence-corrected chi connectivity index (χ2v) is 7.58. The number of nitrogens with zero attached hydrogens (tertiary/aromatic N) is 2. The number of rotatable bonds is 6. The Labute approximate surface area is 175 Å². The van der Waals surface area contributed by atoms with Crippen LogP contribution in [0.25, 0.3) is 10.9 Å². The minimum absolute atomic E-state index is 0.104. The molecule has 4 rings (SSSR count). The number of para-hydroxylation sites is 1. The monoisotopic (exact) mass is 403 g/mol. The van der Waals surface area contributed by atoms with Crippen molar-refractivity contribution in [2.45, 2.75) is 38.3 Å². The molecule has 30 heavy (non-hydrogen) atoms. The Hall–Kier alpha value is -3.41. The summed E-state index contributed by atoms with van der Waals surface area (Å²) in [5, 5.41) is 13.5. The number of pyridine rings is 1. The standard InChI is InChI=1S/C24H25N3O3/c1-2-19(16-9-4-3-5-10-16)26-23(28)18-15-22(25-20-12-7-6-11-17(18)20)27-14-8-13-21(27)24(29)30/h3-7,9-12,15,19,21H,2,8,13-14H2,1H3,(H,26,28)(H,29,30)/t19?,21-/m0/s1. The normalized spacial score (nSPS) is 17.1. The molecule has 2 N–H and O–H groups in total. The molecular weight excluding hydrogens is 378 g/mol. The van der Waals surface area contributed by atoms with Gasteiger partial charge in [0.2, 0.25) is 0 Å². The van der Waals surface area contributed by atoms with E-state index in [0.29, 0.717) is 29.9 Å². The topological polar surface area (TPSA) is 82.5 Å². The van der Waals surface area contributed by atoms with Crippen LogP contribution in [0.2, 0.25) is 0 Å². The smallest absolute Gasteiger partial charge is 0.326 e. The highest BCUT2D eigenvalue weighted by molar-refractivity contribution is 6.07. The molecule has 1 aliphatic heterocycles.